The molecule has 0 saturated heterocycles. The summed E-state index contributed by atoms with van der Waals surface area (Å²) in [6.07, 6.45) is 4.07. The number of hydrogen-bond donors (Lipinski definition) is 2. The van der Waals surface area contributed by atoms with Crippen LogP contribution >= 0.6 is 0 Å². The van der Waals surface area contributed by atoms with E-state index in [1.54, 1.807) is 0 Å². The van der Waals surface area contributed by atoms with E-state index in [4.69, 9.17) is 5.84 Å². The molecule has 3 heteroatoms. The zero-order valence-electron chi connectivity index (χ0n) is 10.8. The largest absolute Gasteiger partial charge is 0.307 e. The lowest BCUT2D eigenvalue weighted by molar-refractivity contribution is 0.344. The van der Waals surface area contributed by atoms with Crippen LogP contribution in [0, 0.1) is 0 Å². The van der Waals surface area contributed by atoms with Gasteiger partial charge in [-0.2, -0.15) is 0 Å². The summed E-state index contributed by atoms with van der Waals surface area (Å²) in [5, 5.41) is 0. The summed E-state index contributed by atoms with van der Waals surface area (Å²) >= 11 is 0. The molecular weight excluding hydrogens is 210 g/mol. The van der Waals surface area contributed by atoms with Crippen molar-refractivity contribution in [2.45, 2.75) is 31.2 Å². The molecule has 0 heterocycles. The first-order valence-corrected chi connectivity index (χ1v) is 6.41. The number of nitrogens with one attached hydrogen (secondary N) is 1. The molecule has 0 aromatic heterocycles. The maximum Gasteiger partial charge on any atom is 0.0586 e. The van der Waals surface area contributed by atoms with E-state index in [-0.39, 0.29) is 6.04 Å². The second-order valence-electron chi connectivity index (χ2n) is 5.28. The van der Waals surface area contributed by atoms with Crippen LogP contribution in [0.2, 0.25) is 0 Å². The Kier molecular flexibility index (Phi) is 4.15. The number of nitrogens with zero attached hydrogens (tertiary/aromatic N) is 1. The van der Waals surface area contributed by atoms with Gasteiger partial charge >= 0.3 is 0 Å². The predicted octanol–water partition coefficient (Wildman–Crippen LogP) is 2.02. The van der Waals surface area contributed by atoms with E-state index in [9.17, 15) is 0 Å². The topological polar surface area (TPSA) is 41.3 Å². The minimum Gasteiger partial charge on any atom is -0.307 e. The van der Waals surface area contributed by atoms with Crippen molar-refractivity contribution < 1.29 is 0 Å². The number of benzene rings is 1. The molecule has 1 aliphatic carbocycles. The lowest BCUT2D eigenvalue weighted by Gasteiger charge is -2.27. The number of hydrazine groups is 1. The summed E-state index contributed by atoms with van der Waals surface area (Å²) in [5.74, 6) is 6.43. The van der Waals surface area contributed by atoms with E-state index in [1.807, 2.05) is 0 Å². The minimum absolute atomic E-state index is 0.213. The van der Waals surface area contributed by atoms with E-state index >= 15 is 0 Å². The van der Waals surface area contributed by atoms with E-state index in [2.05, 4.69) is 48.7 Å². The summed E-state index contributed by atoms with van der Waals surface area (Å²) in [5.41, 5.74) is 5.69. The Labute approximate surface area is 104 Å². The Morgan fingerprint density at radius 2 is 2.18 bits per heavy atom. The molecule has 1 aromatic rings. The van der Waals surface area contributed by atoms with E-state index in [1.165, 1.54) is 30.4 Å². The Hall–Kier alpha value is -0.900. The van der Waals surface area contributed by atoms with Gasteiger partial charge in [0.25, 0.3) is 0 Å². The summed E-state index contributed by atoms with van der Waals surface area (Å²) in [6.45, 7) is 0.921. The maximum atomic E-state index is 5.65. The second kappa shape index (κ2) is 5.63. The van der Waals surface area contributed by atoms with Crippen LogP contribution < -0.4 is 11.3 Å². The highest BCUT2D eigenvalue weighted by Crippen LogP contribution is 2.36. The van der Waals surface area contributed by atoms with Gasteiger partial charge in [0.1, 0.15) is 0 Å². The van der Waals surface area contributed by atoms with Gasteiger partial charge in [-0.3, -0.25) is 11.3 Å². The normalized spacial score (nSPS) is 18.1. The van der Waals surface area contributed by atoms with Crippen LogP contribution in [0.4, 0.5) is 0 Å². The Morgan fingerprint density at radius 1 is 1.41 bits per heavy atom. The quantitative estimate of drug-likeness (QED) is 0.604. The molecule has 2 rings (SSSR count). The average Bonchev–Trinajstić information content (AvgIpc) is 2.23. The summed E-state index contributed by atoms with van der Waals surface area (Å²) in [7, 11) is 4.14. The fourth-order valence-corrected chi connectivity index (χ4v) is 2.39. The van der Waals surface area contributed by atoms with Crippen molar-refractivity contribution in [1.82, 2.24) is 10.3 Å². The van der Waals surface area contributed by atoms with Crippen LogP contribution in [-0.2, 0) is 0 Å². The Balaban J connectivity index is 2.12. The van der Waals surface area contributed by atoms with Crippen LogP contribution in [-0.4, -0.2) is 25.5 Å². The SMILES string of the molecule is CN(C)CC(NN)c1cccc(C2CCC2)c1. The van der Waals surface area contributed by atoms with Crippen LogP contribution in [0.1, 0.15) is 42.3 Å². The molecule has 0 aliphatic heterocycles. The van der Waals surface area contributed by atoms with E-state index in [0.29, 0.717) is 0 Å². The molecule has 3 nitrogen and oxygen atoms in total. The van der Waals surface area contributed by atoms with Crippen molar-refractivity contribution >= 4 is 0 Å². The van der Waals surface area contributed by atoms with Crippen molar-refractivity contribution in [2.24, 2.45) is 5.84 Å². The highest BCUT2D eigenvalue weighted by Gasteiger charge is 2.20. The zero-order chi connectivity index (χ0) is 12.3. The molecule has 0 amide bonds. The maximum absolute atomic E-state index is 5.65. The summed E-state index contributed by atoms with van der Waals surface area (Å²) in [4.78, 5) is 2.15. The monoisotopic (exact) mass is 233 g/mol. The predicted molar refractivity (Wildman–Crippen MR) is 71.7 cm³/mol. The molecule has 17 heavy (non-hydrogen) atoms. The molecule has 1 aliphatic rings. The van der Waals surface area contributed by atoms with Crippen LogP contribution in [0.25, 0.3) is 0 Å². The summed E-state index contributed by atoms with van der Waals surface area (Å²) < 4.78 is 0. The van der Waals surface area contributed by atoms with Crippen molar-refractivity contribution in [3.63, 3.8) is 0 Å². The molecule has 1 unspecified atom stereocenters. The van der Waals surface area contributed by atoms with Gasteiger partial charge < -0.3 is 4.90 Å². The fourth-order valence-electron chi connectivity index (χ4n) is 2.39. The van der Waals surface area contributed by atoms with E-state index in [0.717, 1.165) is 12.5 Å². The zero-order valence-corrected chi connectivity index (χ0v) is 10.8. The van der Waals surface area contributed by atoms with E-state index < -0.39 is 0 Å². The van der Waals surface area contributed by atoms with Gasteiger partial charge in [-0.25, -0.2) is 0 Å². The molecule has 1 fully saturated rings. The standard InChI is InChI=1S/C14H23N3/c1-17(2)10-14(16-15)13-8-4-7-12(9-13)11-5-3-6-11/h4,7-9,11,14,16H,3,5-6,10,15H2,1-2H3. The first-order chi connectivity index (χ1) is 8.20. The number of likely N-dealkylation sites (N-methyl/N-ethyl adjacent to an activating group) is 1. The van der Waals surface area contributed by atoms with Gasteiger partial charge in [-0.05, 0) is 44.0 Å². The molecule has 1 atom stereocenters. The molecule has 0 spiro atoms. The summed E-state index contributed by atoms with van der Waals surface area (Å²) in [6, 6.07) is 9.10. The molecule has 94 valence electrons. The van der Waals surface area contributed by atoms with Gasteiger partial charge in [0.05, 0.1) is 6.04 Å². The van der Waals surface area contributed by atoms with Crippen molar-refractivity contribution in [3.05, 3.63) is 35.4 Å². The molecule has 0 bridgehead atoms. The Morgan fingerprint density at radius 3 is 2.71 bits per heavy atom. The third kappa shape index (κ3) is 3.06. The van der Waals surface area contributed by atoms with Crippen molar-refractivity contribution in [2.75, 3.05) is 20.6 Å². The first-order valence-electron chi connectivity index (χ1n) is 6.41. The molecule has 1 saturated carbocycles. The van der Waals surface area contributed by atoms with Crippen LogP contribution in [0.5, 0.6) is 0 Å². The second-order valence-corrected chi connectivity index (χ2v) is 5.28. The first kappa shape index (κ1) is 12.6. The van der Waals surface area contributed by atoms with Crippen LogP contribution in [0.15, 0.2) is 24.3 Å². The number of hydrogen-bond acceptors (Lipinski definition) is 3. The third-order valence-electron chi connectivity index (χ3n) is 3.64. The highest BCUT2D eigenvalue weighted by molar-refractivity contribution is 5.29. The highest BCUT2D eigenvalue weighted by atomic mass is 15.3. The molecule has 0 radical (unpaired) electrons. The average molecular weight is 233 g/mol. The van der Waals surface area contributed by atoms with Gasteiger partial charge in [0.2, 0.25) is 0 Å². The molecular formula is C14H23N3. The van der Waals surface area contributed by atoms with Crippen LogP contribution in [0.3, 0.4) is 0 Å². The van der Waals surface area contributed by atoms with Gasteiger partial charge in [0, 0.05) is 6.54 Å². The molecule has 3 N–H and O–H groups in total. The number of rotatable bonds is 5. The van der Waals surface area contributed by atoms with Gasteiger partial charge in [-0.1, -0.05) is 30.7 Å². The minimum atomic E-state index is 0.213. The fraction of sp³-hybridized carbons (Fsp3) is 0.571. The van der Waals surface area contributed by atoms with Crippen molar-refractivity contribution in [1.29, 1.82) is 0 Å². The smallest absolute Gasteiger partial charge is 0.0586 e. The van der Waals surface area contributed by atoms with Gasteiger partial charge in [0.15, 0.2) is 0 Å². The lowest BCUT2D eigenvalue weighted by Crippen LogP contribution is -2.35. The third-order valence-corrected chi connectivity index (χ3v) is 3.64. The number of nitrogens with two attached hydrogens (primary N) is 1. The lowest BCUT2D eigenvalue weighted by atomic mass is 9.79. The van der Waals surface area contributed by atoms with Crippen molar-refractivity contribution in [3.8, 4) is 0 Å². The Bertz CT molecular complexity index is 358. The molecule has 1 aromatic carbocycles. The van der Waals surface area contributed by atoms with Gasteiger partial charge in [-0.15, -0.1) is 0 Å².